The number of hydrogen-bond donors (Lipinski definition) is 3. The van der Waals surface area contributed by atoms with Gasteiger partial charge in [-0.2, -0.15) is 0 Å². The van der Waals surface area contributed by atoms with Crippen LogP contribution in [-0.2, 0) is 23.9 Å². The summed E-state index contributed by atoms with van der Waals surface area (Å²) >= 11 is 0. The summed E-state index contributed by atoms with van der Waals surface area (Å²) in [5.41, 5.74) is 0.405. The van der Waals surface area contributed by atoms with E-state index < -0.39 is 48.2 Å². The van der Waals surface area contributed by atoms with Gasteiger partial charge < -0.3 is 30.1 Å². The van der Waals surface area contributed by atoms with Gasteiger partial charge in [0.05, 0.1) is 13.7 Å². The number of rotatable bonds is 15. The molecule has 10 nitrogen and oxygen atoms in total. The van der Waals surface area contributed by atoms with Crippen molar-refractivity contribution in [3.63, 3.8) is 0 Å². The number of nitrogens with one attached hydrogen (secondary N) is 2. The smallest absolute Gasteiger partial charge is 0.408 e. The zero-order valence-electron chi connectivity index (χ0n) is 23.2. The lowest BCUT2D eigenvalue weighted by atomic mass is 9.99. The lowest BCUT2D eigenvalue weighted by Crippen LogP contribution is -2.54. The molecule has 2 unspecified atom stereocenters. The third-order valence-corrected chi connectivity index (χ3v) is 5.61. The van der Waals surface area contributed by atoms with Crippen LogP contribution in [0.15, 0.2) is 30.8 Å². The van der Waals surface area contributed by atoms with Crippen LogP contribution in [0.5, 0.6) is 0 Å². The topological polar surface area (TPSA) is 134 Å². The molecule has 2 atom stereocenters. The third kappa shape index (κ3) is 11.3. The maximum Gasteiger partial charge on any atom is 0.408 e. The molecule has 1 aromatic carbocycles. The Labute approximate surface area is 225 Å². The van der Waals surface area contributed by atoms with E-state index in [0.29, 0.717) is 12.0 Å². The van der Waals surface area contributed by atoms with Crippen molar-refractivity contribution in [2.45, 2.75) is 77.5 Å². The number of aliphatic hydroxyl groups is 1. The molecule has 0 radical (unpaired) electrons. The fourth-order valence-electron chi connectivity index (χ4n) is 3.74. The summed E-state index contributed by atoms with van der Waals surface area (Å²) in [5, 5.41) is 15.0. The summed E-state index contributed by atoms with van der Waals surface area (Å²) < 4.78 is 9.88. The van der Waals surface area contributed by atoms with E-state index in [9.17, 15) is 24.3 Å². The molecule has 0 saturated heterocycles. The van der Waals surface area contributed by atoms with Gasteiger partial charge in [0.15, 0.2) is 0 Å². The van der Waals surface area contributed by atoms with Crippen LogP contribution in [0.2, 0.25) is 0 Å². The van der Waals surface area contributed by atoms with Crippen LogP contribution < -0.4 is 10.6 Å². The first-order valence-corrected chi connectivity index (χ1v) is 12.9. The number of hydrogen-bond acceptors (Lipinski definition) is 7. The van der Waals surface area contributed by atoms with Gasteiger partial charge in [-0.15, -0.1) is 0 Å². The minimum Gasteiger partial charge on any atom is -0.468 e. The highest BCUT2D eigenvalue weighted by Crippen LogP contribution is 2.25. The number of unbranched alkanes of at least 4 members (excludes halogenated alkanes) is 4. The standard InChI is InChI=1S/C28H43N3O7/c1-7-9-10-11-12-16-31(26(35)22(19-32)30-27(36)38-28(3,4)5)24(25(34)29-18-23(33)37-6)21-15-13-14-20(8-2)17-21/h8,13-15,17,22,24,32H,2,7,9-12,16,18-19H2,1,3-6H3,(H,29,34)(H,30,36). The van der Waals surface area contributed by atoms with Gasteiger partial charge in [-0.3, -0.25) is 14.4 Å². The molecule has 0 bridgehead atoms. The normalized spacial score (nSPS) is 12.6. The summed E-state index contributed by atoms with van der Waals surface area (Å²) in [4.78, 5) is 52.7. The van der Waals surface area contributed by atoms with E-state index in [4.69, 9.17) is 4.74 Å². The van der Waals surface area contributed by atoms with Crippen molar-refractivity contribution >= 4 is 30.0 Å². The molecule has 0 spiro atoms. The van der Waals surface area contributed by atoms with Crippen molar-refractivity contribution in [3.8, 4) is 0 Å². The molecule has 0 heterocycles. The molecule has 38 heavy (non-hydrogen) atoms. The second kappa shape index (κ2) is 16.4. The number of carbonyl (C=O) groups excluding carboxylic acids is 4. The predicted molar refractivity (Wildman–Crippen MR) is 145 cm³/mol. The van der Waals surface area contributed by atoms with Gasteiger partial charge in [-0.1, -0.05) is 63.5 Å². The zero-order chi connectivity index (χ0) is 28.7. The van der Waals surface area contributed by atoms with Crippen LogP contribution in [0, 0.1) is 0 Å². The number of ether oxygens (including phenoxy) is 2. The van der Waals surface area contributed by atoms with Crippen molar-refractivity contribution in [2.24, 2.45) is 0 Å². The van der Waals surface area contributed by atoms with Crippen LogP contribution in [0.1, 0.15) is 77.0 Å². The second-order valence-corrected chi connectivity index (χ2v) is 9.90. The van der Waals surface area contributed by atoms with Crippen molar-refractivity contribution in [3.05, 3.63) is 42.0 Å². The molecule has 0 fully saturated rings. The van der Waals surface area contributed by atoms with E-state index in [-0.39, 0.29) is 13.1 Å². The molecule has 10 heteroatoms. The lowest BCUT2D eigenvalue weighted by molar-refractivity contribution is -0.145. The Bertz CT molecular complexity index is 943. The Morgan fingerprint density at radius 1 is 1.13 bits per heavy atom. The largest absolute Gasteiger partial charge is 0.468 e. The third-order valence-electron chi connectivity index (χ3n) is 5.61. The molecule has 212 valence electrons. The number of nitrogens with zero attached hydrogens (tertiary/aromatic N) is 1. The molecule has 0 aliphatic carbocycles. The zero-order valence-corrected chi connectivity index (χ0v) is 23.2. The summed E-state index contributed by atoms with van der Waals surface area (Å²) in [5.74, 6) is -1.90. The van der Waals surface area contributed by atoms with E-state index in [1.807, 2.05) is 0 Å². The molecule has 0 saturated carbocycles. The number of amides is 3. The van der Waals surface area contributed by atoms with Crippen LogP contribution in [0.25, 0.3) is 6.08 Å². The lowest BCUT2D eigenvalue weighted by Gasteiger charge is -2.34. The number of aliphatic hydroxyl groups excluding tert-OH is 1. The number of methoxy groups -OCH3 is 1. The Morgan fingerprint density at radius 3 is 2.39 bits per heavy atom. The second-order valence-electron chi connectivity index (χ2n) is 9.90. The fourth-order valence-corrected chi connectivity index (χ4v) is 3.74. The first-order chi connectivity index (χ1) is 18.0. The Balaban J connectivity index is 3.42. The van der Waals surface area contributed by atoms with E-state index in [1.165, 1.54) is 12.0 Å². The SMILES string of the molecule is C=Cc1cccc(C(C(=O)NCC(=O)OC)N(CCCCCCC)C(=O)C(CO)NC(=O)OC(C)(C)C)c1. The van der Waals surface area contributed by atoms with E-state index in [1.54, 1.807) is 51.1 Å². The highest BCUT2D eigenvalue weighted by atomic mass is 16.6. The first-order valence-electron chi connectivity index (χ1n) is 12.9. The van der Waals surface area contributed by atoms with E-state index in [2.05, 4.69) is 28.9 Å². The van der Waals surface area contributed by atoms with Gasteiger partial charge in [-0.25, -0.2) is 4.79 Å². The maximum absolute atomic E-state index is 13.8. The number of carbonyl (C=O) groups is 4. The van der Waals surface area contributed by atoms with Crippen LogP contribution in [-0.4, -0.2) is 72.3 Å². The number of benzene rings is 1. The first kappa shape index (κ1) is 32.6. The summed E-state index contributed by atoms with van der Waals surface area (Å²) in [6.45, 7) is 10.0. The quantitative estimate of drug-likeness (QED) is 0.232. The fraction of sp³-hybridized carbons (Fsp3) is 0.571. The van der Waals surface area contributed by atoms with Gasteiger partial charge in [0, 0.05) is 6.54 Å². The number of esters is 1. The monoisotopic (exact) mass is 533 g/mol. The predicted octanol–water partition coefficient (Wildman–Crippen LogP) is 3.34. The van der Waals surface area contributed by atoms with Crippen LogP contribution in [0.3, 0.4) is 0 Å². The van der Waals surface area contributed by atoms with Crippen molar-refractivity contribution in [1.29, 1.82) is 0 Å². The van der Waals surface area contributed by atoms with Gasteiger partial charge in [0.1, 0.15) is 24.2 Å². The average molecular weight is 534 g/mol. The summed E-state index contributed by atoms with van der Waals surface area (Å²) in [7, 11) is 1.21. The summed E-state index contributed by atoms with van der Waals surface area (Å²) in [6, 6.07) is 4.47. The molecule has 3 N–H and O–H groups in total. The highest BCUT2D eigenvalue weighted by molar-refractivity contribution is 5.93. The molecule has 3 amide bonds. The van der Waals surface area contributed by atoms with Gasteiger partial charge in [0.2, 0.25) is 11.8 Å². The van der Waals surface area contributed by atoms with Gasteiger partial charge >= 0.3 is 12.1 Å². The Hall–Kier alpha value is -3.40. The molecular formula is C28H43N3O7. The Morgan fingerprint density at radius 2 is 1.82 bits per heavy atom. The Kier molecular flexibility index (Phi) is 14.1. The maximum atomic E-state index is 13.8. The van der Waals surface area contributed by atoms with Crippen molar-refractivity contribution < 1.29 is 33.8 Å². The minimum absolute atomic E-state index is 0.184. The van der Waals surface area contributed by atoms with E-state index >= 15 is 0 Å². The van der Waals surface area contributed by atoms with Crippen molar-refractivity contribution in [1.82, 2.24) is 15.5 Å². The minimum atomic E-state index is -1.35. The van der Waals surface area contributed by atoms with Crippen LogP contribution in [0.4, 0.5) is 4.79 Å². The number of alkyl carbamates (subject to hydrolysis) is 1. The van der Waals surface area contributed by atoms with Gasteiger partial charge in [0.25, 0.3) is 0 Å². The molecule has 0 aromatic heterocycles. The molecule has 1 rings (SSSR count). The van der Waals surface area contributed by atoms with Crippen LogP contribution >= 0.6 is 0 Å². The molecule has 1 aromatic rings. The molecule has 0 aliphatic rings. The van der Waals surface area contributed by atoms with Gasteiger partial charge in [-0.05, 0) is 44.4 Å². The molecule has 0 aliphatic heterocycles. The molecular weight excluding hydrogens is 490 g/mol. The van der Waals surface area contributed by atoms with Crippen molar-refractivity contribution in [2.75, 3.05) is 26.8 Å². The van der Waals surface area contributed by atoms with E-state index in [0.717, 1.165) is 31.2 Å². The average Bonchev–Trinajstić information content (AvgIpc) is 2.88. The summed E-state index contributed by atoms with van der Waals surface area (Å²) in [6.07, 6.45) is 5.21. The highest BCUT2D eigenvalue weighted by Gasteiger charge is 2.36.